The van der Waals surface area contributed by atoms with Crippen LogP contribution in [0.4, 0.5) is 0 Å². The third-order valence-corrected chi connectivity index (χ3v) is 4.79. The first-order valence-electron chi connectivity index (χ1n) is 7.32. The second kappa shape index (κ2) is 7.87. The molecule has 0 saturated carbocycles. The Hall–Kier alpha value is -2.08. The Morgan fingerprint density at radius 2 is 1.84 bits per heavy atom. The highest BCUT2D eigenvalue weighted by Crippen LogP contribution is 2.27. The lowest BCUT2D eigenvalue weighted by molar-refractivity contribution is -0.255. The van der Waals surface area contributed by atoms with Crippen LogP contribution < -0.4 is 9.84 Å². The van der Waals surface area contributed by atoms with Crippen molar-refractivity contribution < 1.29 is 14.6 Å². The maximum absolute atomic E-state index is 10.9. The number of carboxylic acids is 1. The van der Waals surface area contributed by atoms with Gasteiger partial charge in [-0.3, -0.25) is 0 Å². The van der Waals surface area contributed by atoms with E-state index in [0.29, 0.717) is 34.5 Å². The van der Waals surface area contributed by atoms with E-state index in [4.69, 9.17) is 27.9 Å². The number of aromatic carboxylic acids is 1. The zero-order chi connectivity index (χ0) is 17.8. The van der Waals surface area contributed by atoms with E-state index >= 15 is 0 Å². The lowest BCUT2D eigenvalue weighted by Crippen LogP contribution is -2.21. The summed E-state index contributed by atoms with van der Waals surface area (Å²) in [7, 11) is 0. The van der Waals surface area contributed by atoms with Crippen molar-refractivity contribution >= 4 is 40.5 Å². The normalized spacial score (nSPS) is 10.6. The van der Waals surface area contributed by atoms with Crippen LogP contribution in [0.2, 0.25) is 10.0 Å². The molecule has 0 N–H and O–H groups in total. The molecule has 0 fully saturated rings. The van der Waals surface area contributed by atoms with E-state index in [1.54, 1.807) is 35.7 Å². The van der Waals surface area contributed by atoms with Crippen molar-refractivity contribution in [2.24, 2.45) is 0 Å². The molecule has 0 spiro atoms. The van der Waals surface area contributed by atoms with Crippen LogP contribution in [-0.2, 0) is 13.0 Å². The number of thiazole rings is 1. The minimum absolute atomic E-state index is 0.0411. The molecular formula is C18H12Cl2NO3S-. The summed E-state index contributed by atoms with van der Waals surface area (Å²) in [5.41, 5.74) is 2.44. The summed E-state index contributed by atoms with van der Waals surface area (Å²) in [6.45, 7) is 0.382. The Kier molecular flexibility index (Phi) is 5.58. The van der Waals surface area contributed by atoms with Gasteiger partial charge in [-0.1, -0.05) is 35.3 Å². The maximum atomic E-state index is 10.9. The summed E-state index contributed by atoms with van der Waals surface area (Å²) in [4.78, 5) is 14.9. The van der Waals surface area contributed by atoms with Crippen molar-refractivity contribution in [1.82, 2.24) is 4.98 Å². The van der Waals surface area contributed by atoms with Crippen molar-refractivity contribution in [3.05, 3.63) is 79.7 Å². The van der Waals surface area contributed by atoms with Gasteiger partial charge in [0.2, 0.25) is 0 Å². The van der Waals surface area contributed by atoms with Gasteiger partial charge in [0, 0.05) is 27.4 Å². The molecule has 0 unspecified atom stereocenters. The van der Waals surface area contributed by atoms with Gasteiger partial charge in [0.15, 0.2) is 0 Å². The highest BCUT2D eigenvalue weighted by atomic mass is 35.5. The van der Waals surface area contributed by atoms with Crippen LogP contribution in [0.5, 0.6) is 5.75 Å². The fourth-order valence-corrected chi connectivity index (χ4v) is 3.22. The number of carbonyl (C=O) groups excluding carboxylic acids is 1. The Balaban J connectivity index is 1.77. The van der Waals surface area contributed by atoms with E-state index in [9.17, 15) is 9.90 Å². The minimum Gasteiger partial charge on any atom is -0.542 e. The van der Waals surface area contributed by atoms with Crippen LogP contribution >= 0.6 is 34.5 Å². The maximum Gasteiger partial charge on any atom is 0.139 e. The molecule has 0 atom stereocenters. The number of rotatable bonds is 6. The number of benzene rings is 2. The van der Waals surface area contributed by atoms with Gasteiger partial charge < -0.3 is 14.6 Å². The lowest BCUT2D eigenvalue weighted by atomic mass is 10.1. The van der Waals surface area contributed by atoms with E-state index < -0.39 is 5.97 Å². The number of carbonyl (C=O) groups is 1. The summed E-state index contributed by atoms with van der Waals surface area (Å²) in [6.07, 6.45) is 0.417. The van der Waals surface area contributed by atoms with Crippen LogP contribution in [0.3, 0.4) is 0 Å². The number of hydrogen-bond donors (Lipinski definition) is 0. The first-order valence-corrected chi connectivity index (χ1v) is 8.96. The topological polar surface area (TPSA) is 62.2 Å². The fraction of sp³-hybridized carbons (Fsp3) is 0.111. The molecule has 4 nitrogen and oxygen atoms in total. The summed E-state index contributed by atoms with van der Waals surface area (Å²) < 4.78 is 5.89. The second-order valence-electron chi connectivity index (χ2n) is 5.28. The van der Waals surface area contributed by atoms with E-state index in [2.05, 4.69) is 4.98 Å². The zero-order valence-electron chi connectivity index (χ0n) is 12.9. The molecule has 0 saturated heterocycles. The molecule has 0 radical (unpaired) electrons. The van der Waals surface area contributed by atoms with Crippen LogP contribution in [0, 0.1) is 0 Å². The van der Waals surface area contributed by atoms with Gasteiger partial charge in [0.25, 0.3) is 0 Å². The smallest absolute Gasteiger partial charge is 0.139 e. The summed E-state index contributed by atoms with van der Waals surface area (Å²) in [5.74, 6) is -0.607. The van der Waals surface area contributed by atoms with Crippen LogP contribution in [0.1, 0.15) is 26.6 Å². The Bertz CT molecular complexity index is 894. The highest BCUT2D eigenvalue weighted by molar-refractivity contribution is 7.11. The summed E-state index contributed by atoms with van der Waals surface area (Å²) in [6, 6.07) is 12.7. The van der Waals surface area contributed by atoms with Gasteiger partial charge in [-0.15, -0.1) is 11.3 Å². The second-order valence-corrected chi connectivity index (χ2v) is 7.01. The fourth-order valence-electron chi connectivity index (χ4n) is 2.25. The number of ether oxygens (including phenoxy) is 1. The molecule has 3 aromatic rings. The number of aromatic nitrogens is 1. The van der Waals surface area contributed by atoms with E-state index in [-0.39, 0.29) is 5.01 Å². The van der Waals surface area contributed by atoms with Crippen molar-refractivity contribution in [3.8, 4) is 5.75 Å². The molecule has 25 heavy (non-hydrogen) atoms. The van der Waals surface area contributed by atoms with Gasteiger partial charge in [-0.25, -0.2) is 4.98 Å². The van der Waals surface area contributed by atoms with Crippen molar-refractivity contribution in [2.75, 3.05) is 0 Å². The monoisotopic (exact) mass is 392 g/mol. The molecule has 128 valence electrons. The first kappa shape index (κ1) is 17.7. The molecule has 0 aliphatic rings. The first-order chi connectivity index (χ1) is 12.0. The molecule has 1 aromatic heterocycles. The summed E-state index contributed by atoms with van der Waals surface area (Å²) >= 11 is 13.0. The Labute approximate surface area is 158 Å². The van der Waals surface area contributed by atoms with Crippen LogP contribution in [0.25, 0.3) is 0 Å². The Morgan fingerprint density at radius 3 is 2.52 bits per heavy atom. The largest absolute Gasteiger partial charge is 0.542 e. The molecule has 0 aliphatic heterocycles. The van der Waals surface area contributed by atoms with Crippen molar-refractivity contribution in [1.29, 1.82) is 0 Å². The van der Waals surface area contributed by atoms with Crippen LogP contribution in [0.15, 0.2) is 47.8 Å². The number of halogens is 2. The number of hydrogen-bond acceptors (Lipinski definition) is 5. The van der Waals surface area contributed by atoms with E-state index in [1.807, 2.05) is 12.1 Å². The zero-order valence-corrected chi connectivity index (χ0v) is 15.2. The van der Waals surface area contributed by atoms with E-state index in [1.165, 1.54) is 0 Å². The van der Waals surface area contributed by atoms with Crippen molar-refractivity contribution in [2.45, 2.75) is 13.0 Å². The van der Waals surface area contributed by atoms with Crippen LogP contribution in [-0.4, -0.2) is 11.0 Å². The van der Waals surface area contributed by atoms with Crippen molar-refractivity contribution in [3.63, 3.8) is 0 Å². The molecule has 3 rings (SSSR count). The molecule has 7 heteroatoms. The Morgan fingerprint density at radius 1 is 1.12 bits per heavy atom. The van der Waals surface area contributed by atoms with E-state index in [0.717, 1.165) is 22.5 Å². The number of nitrogens with zero attached hydrogens (tertiary/aromatic N) is 1. The molecule has 1 heterocycles. The van der Waals surface area contributed by atoms with Gasteiger partial charge in [-0.05, 0) is 35.9 Å². The van der Waals surface area contributed by atoms with Gasteiger partial charge in [0.05, 0.1) is 5.69 Å². The SMILES string of the molecule is O=C([O-])c1nc(Cc2cc(Cl)ccc2OCc2ccc(Cl)cc2)cs1. The standard InChI is InChI=1S/C18H13Cl2NO3S/c19-13-3-1-11(2-4-13)9-24-16-6-5-14(20)7-12(16)8-15-10-25-17(21-15)18(22)23/h1-7,10H,8-9H2,(H,22,23)/p-1. The summed E-state index contributed by atoms with van der Waals surface area (Å²) in [5, 5.41) is 13.7. The van der Waals surface area contributed by atoms with Gasteiger partial charge in [-0.2, -0.15) is 0 Å². The number of carboxylic acid groups (broad SMARTS) is 1. The highest BCUT2D eigenvalue weighted by Gasteiger charge is 2.10. The molecule has 0 amide bonds. The minimum atomic E-state index is -1.28. The molecule has 2 aromatic carbocycles. The van der Waals surface area contributed by atoms with Gasteiger partial charge in [0.1, 0.15) is 23.3 Å². The molecule has 0 bridgehead atoms. The average molecular weight is 393 g/mol. The lowest BCUT2D eigenvalue weighted by Gasteiger charge is -2.12. The third-order valence-electron chi connectivity index (χ3n) is 3.43. The quantitative estimate of drug-likeness (QED) is 0.636. The average Bonchev–Trinajstić information content (AvgIpc) is 3.04. The third kappa shape index (κ3) is 4.72. The molecular weight excluding hydrogens is 381 g/mol. The molecule has 0 aliphatic carbocycles. The van der Waals surface area contributed by atoms with Gasteiger partial charge >= 0.3 is 0 Å². The predicted octanol–water partition coefficient (Wildman–Crippen LogP) is 3.98. The predicted molar refractivity (Wildman–Crippen MR) is 96.5 cm³/mol.